The Hall–Kier alpha value is -3.40. The lowest BCUT2D eigenvalue weighted by atomic mass is 9.59. The first-order chi connectivity index (χ1) is 39.9. The molecule has 0 N–H and O–H groups in total. The summed E-state index contributed by atoms with van der Waals surface area (Å²) in [4.78, 5) is 9.55. The van der Waals surface area contributed by atoms with Crippen molar-refractivity contribution in [3.63, 3.8) is 0 Å². The molecule has 8 rings (SSSR count). The van der Waals surface area contributed by atoms with Crippen LogP contribution in [0.15, 0.2) is 48.8 Å². The smallest absolute Gasteiger partial charge is 0.0687 e. The lowest BCUT2D eigenvalue weighted by Gasteiger charge is -2.45. The van der Waals surface area contributed by atoms with Gasteiger partial charge in [-0.3, -0.25) is 9.97 Å². The second-order valence-corrected chi connectivity index (χ2v) is 36.0. The summed E-state index contributed by atoms with van der Waals surface area (Å²) in [6.45, 7) is 90.9. The Bertz CT molecular complexity index is 2380. The third-order valence-electron chi connectivity index (χ3n) is 22.0. The third-order valence-corrected chi connectivity index (χ3v) is 22.0. The molecule has 504 valence electrons. The highest BCUT2D eigenvalue weighted by molar-refractivity contribution is 5.42. The van der Waals surface area contributed by atoms with Gasteiger partial charge in [0.15, 0.2) is 0 Å². The van der Waals surface area contributed by atoms with Crippen molar-refractivity contribution in [1.29, 1.82) is 0 Å². The maximum Gasteiger partial charge on any atom is 0.0687 e. The highest BCUT2D eigenvalue weighted by Crippen LogP contribution is 2.58. The van der Waals surface area contributed by atoms with Crippen molar-refractivity contribution >= 4 is 0 Å². The Labute approximate surface area is 550 Å². The van der Waals surface area contributed by atoms with Gasteiger partial charge in [-0.15, -0.1) is 0 Å². The van der Waals surface area contributed by atoms with Gasteiger partial charge in [-0.25, -0.2) is 0 Å². The largest absolute Gasteiger partial charge is 0.261 e. The molecule has 88 heavy (non-hydrogen) atoms. The zero-order chi connectivity index (χ0) is 69.4. The second-order valence-electron chi connectivity index (χ2n) is 36.0. The molecule has 4 aromatic rings. The molecular weight excluding hydrogens is 1060 g/mol. The number of pyridine rings is 2. The number of hydrogen-bond acceptors (Lipinski definition) is 4. The van der Waals surface area contributed by atoms with E-state index in [0.717, 1.165) is 25.0 Å². The molecule has 0 aliphatic heterocycles. The van der Waals surface area contributed by atoms with Crippen LogP contribution in [0.25, 0.3) is 0 Å². The molecule has 4 atom stereocenters. The lowest BCUT2D eigenvalue weighted by molar-refractivity contribution is 0.0413. The first kappa shape index (κ1) is 82.6. The summed E-state index contributed by atoms with van der Waals surface area (Å²) in [6.07, 6.45) is 13.6. The third kappa shape index (κ3) is 18.5. The minimum absolute atomic E-state index is 0.0762. The fourth-order valence-electron chi connectivity index (χ4n) is 15.2. The Morgan fingerprint density at radius 1 is 0.284 bits per heavy atom. The van der Waals surface area contributed by atoms with Gasteiger partial charge in [-0.2, -0.15) is 10.2 Å². The molecule has 4 aliphatic carbocycles. The molecule has 0 radical (unpaired) electrons. The minimum atomic E-state index is 0.0762. The van der Waals surface area contributed by atoms with Crippen LogP contribution in [0.1, 0.15) is 344 Å². The van der Waals surface area contributed by atoms with E-state index < -0.39 is 0 Å². The molecular formula is C84H148N4. The van der Waals surface area contributed by atoms with E-state index in [1.54, 1.807) is 11.1 Å². The van der Waals surface area contributed by atoms with Crippen LogP contribution in [0.3, 0.4) is 0 Å². The predicted octanol–water partition coefficient (Wildman–Crippen LogP) is 24.8. The van der Waals surface area contributed by atoms with Crippen molar-refractivity contribution < 1.29 is 0 Å². The van der Waals surface area contributed by atoms with Crippen LogP contribution in [0.2, 0.25) is 0 Å². The monoisotopic (exact) mass is 1210 g/mol. The number of benzene rings is 1. The van der Waals surface area contributed by atoms with E-state index in [4.69, 9.17) is 9.97 Å². The van der Waals surface area contributed by atoms with E-state index in [1.807, 2.05) is 55.4 Å². The van der Waals surface area contributed by atoms with Crippen LogP contribution >= 0.6 is 0 Å². The minimum Gasteiger partial charge on any atom is -0.261 e. The summed E-state index contributed by atoms with van der Waals surface area (Å²) in [5, 5.41) is 9.05. The Morgan fingerprint density at radius 2 is 0.591 bits per heavy atom. The normalized spacial score (nSPS) is 21.4. The second kappa shape index (κ2) is 30.6. The standard InChI is InChI=1S/C20H32.2C19H31N.C18H30N2.4C2H6/c1-14(2)20(19(6,7)8)12-15-9-10-17(18(3,4)5)11-16(15)13-20;1-13(2)19(18(6,7)8)10-14-9-16(17(3,4)5)20-12-15(14)11-19;1-13(2)19(18(6,7)8)10-14-9-15(17(3,4)5)12-20-16(14)11-19;1-12(2)18(17(6,7)8)10-13-9-15(16(3,4)5)20-19-14(13)11-18;4*1-2/h9-11,14H,12-13H2,1-8H3;2*9,12-13H,10-11H2,1-8H3;9,12H,10-11H2,1-8H3;4*1-2H3. The highest BCUT2D eigenvalue weighted by atomic mass is 15.1. The van der Waals surface area contributed by atoms with Gasteiger partial charge in [0, 0.05) is 34.6 Å². The summed E-state index contributed by atoms with van der Waals surface area (Å²) in [7, 11) is 0. The molecule has 0 bridgehead atoms. The molecule has 4 heteroatoms. The van der Waals surface area contributed by atoms with Crippen molar-refractivity contribution in [3.05, 3.63) is 116 Å². The zero-order valence-electron chi connectivity index (χ0n) is 66.4. The predicted molar refractivity (Wildman–Crippen MR) is 394 cm³/mol. The maximum atomic E-state index is 4.82. The average Bonchev–Trinajstić information content (AvgIpc) is 1.84. The van der Waals surface area contributed by atoms with Crippen LogP contribution in [0.5, 0.6) is 0 Å². The van der Waals surface area contributed by atoms with Crippen LogP contribution in [-0.2, 0) is 73.0 Å². The fraction of sp³-hybridized carbons (Fsp3) is 0.762. The number of rotatable bonds is 4. The molecule has 0 saturated carbocycles. The Balaban J connectivity index is 0.000000564. The van der Waals surface area contributed by atoms with E-state index in [-0.39, 0.29) is 27.1 Å². The molecule has 1 aromatic carbocycles. The number of hydrogen-bond donors (Lipinski definition) is 0. The number of aromatic nitrogens is 4. The lowest BCUT2D eigenvalue weighted by Crippen LogP contribution is -2.41. The van der Waals surface area contributed by atoms with E-state index in [1.165, 1.54) is 82.6 Å². The van der Waals surface area contributed by atoms with Crippen molar-refractivity contribution in [3.8, 4) is 0 Å². The van der Waals surface area contributed by atoms with Crippen molar-refractivity contribution in [1.82, 2.24) is 20.2 Å². The SMILES string of the molecule is CC.CC.CC.CC.CC(C)C1(C(C)(C)C)Cc2cc(C(C)(C)C)cnc2C1.CC(C)C1(C(C)(C)C)Cc2cc(C(C)(C)C)nnc2C1.CC(C)C1(C(C)(C)C)Cc2ccc(C(C)(C)C)cc2C1.CC(C)C1(C(C)(C)C)Cc2cnc(C(C)(C)C)cc2C1. The molecule has 3 aromatic heterocycles. The summed E-state index contributed by atoms with van der Waals surface area (Å²) < 4.78 is 0. The molecule has 4 aliphatic rings. The van der Waals surface area contributed by atoms with E-state index >= 15 is 0 Å². The fourth-order valence-corrected chi connectivity index (χ4v) is 15.2. The van der Waals surface area contributed by atoms with Gasteiger partial charge < -0.3 is 0 Å². The molecule has 3 heterocycles. The molecule has 4 nitrogen and oxygen atoms in total. The summed E-state index contributed by atoms with van der Waals surface area (Å²) in [5.41, 5.74) is 20.2. The van der Waals surface area contributed by atoms with Crippen LogP contribution < -0.4 is 0 Å². The van der Waals surface area contributed by atoms with Gasteiger partial charge in [-0.1, -0.05) is 301 Å². The zero-order valence-corrected chi connectivity index (χ0v) is 66.4. The molecule has 0 amide bonds. The first-order valence-corrected chi connectivity index (χ1v) is 35.8. The van der Waals surface area contributed by atoms with Gasteiger partial charge in [0.1, 0.15) is 0 Å². The summed E-state index contributed by atoms with van der Waals surface area (Å²) in [5.74, 6) is 2.73. The topological polar surface area (TPSA) is 51.6 Å². The van der Waals surface area contributed by atoms with Crippen molar-refractivity contribution in [2.24, 2.45) is 67.0 Å². The van der Waals surface area contributed by atoms with E-state index in [0.29, 0.717) is 61.6 Å². The van der Waals surface area contributed by atoms with Crippen LogP contribution in [-0.4, -0.2) is 20.2 Å². The molecule has 4 unspecified atom stereocenters. The van der Waals surface area contributed by atoms with Gasteiger partial charge in [0.05, 0.1) is 11.4 Å². The van der Waals surface area contributed by atoms with E-state index in [2.05, 4.69) is 281 Å². The molecule has 0 spiro atoms. The van der Waals surface area contributed by atoms with Crippen LogP contribution in [0.4, 0.5) is 0 Å². The molecule has 0 saturated heterocycles. The Kier molecular flexibility index (Phi) is 28.7. The van der Waals surface area contributed by atoms with Gasteiger partial charge in [0.25, 0.3) is 0 Å². The average molecular weight is 1210 g/mol. The summed E-state index contributed by atoms with van der Waals surface area (Å²) in [6, 6.07) is 14.3. The van der Waals surface area contributed by atoms with Gasteiger partial charge in [-0.05, 0) is 186 Å². The summed E-state index contributed by atoms with van der Waals surface area (Å²) >= 11 is 0. The number of fused-ring (bicyclic) bond motifs is 4. The van der Waals surface area contributed by atoms with Crippen molar-refractivity contribution in [2.75, 3.05) is 0 Å². The van der Waals surface area contributed by atoms with Gasteiger partial charge in [0.2, 0.25) is 0 Å². The molecule has 0 fully saturated rings. The maximum absolute atomic E-state index is 4.82. The highest BCUT2D eigenvalue weighted by Gasteiger charge is 2.52. The first-order valence-electron chi connectivity index (χ1n) is 35.8. The van der Waals surface area contributed by atoms with E-state index in [9.17, 15) is 0 Å². The quantitative estimate of drug-likeness (QED) is 0.204. The Morgan fingerprint density at radius 3 is 0.955 bits per heavy atom. The number of nitrogens with zero attached hydrogens (tertiary/aromatic N) is 4. The van der Waals surface area contributed by atoms with Crippen LogP contribution in [0, 0.1) is 67.0 Å². The van der Waals surface area contributed by atoms with Crippen molar-refractivity contribution in [2.45, 2.75) is 350 Å². The van der Waals surface area contributed by atoms with Gasteiger partial charge >= 0.3 is 0 Å².